The van der Waals surface area contributed by atoms with Gasteiger partial charge in [0.1, 0.15) is 12.2 Å². The van der Waals surface area contributed by atoms with E-state index < -0.39 is 16.5 Å². The first kappa shape index (κ1) is 22.2. The van der Waals surface area contributed by atoms with Crippen LogP contribution < -0.4 is 5.63 Å². The molecule has 0 spiro atoms. The van der Waals surface area contributed by atoms with E-state index in [1.54, 1.807) is 12.3 Å². The van der Waals surface area contributed by atoms with Crippen LogP contribution in [-0.2, 0) is 22.7 Å². The lowest BCUT2D eigenvalue weighted by Crippen LogP contribution is -2.11. The number of rotatable bonds is 7. The molecule has 170 valence electrons. The van der Waals surface area contributed by atoms with Crippen molar-refractivity contribution in [3.05, 3.63) is 79.8 Å². The van der Waals surface area contributed by atoms with Crippen molar-refractivity contribution in [2.45, 2.75) is 46.3 Å². The monoisotopic (exact) mass is 449 g/mol. The summed E-state index contributed by atoms with van der Waals surface area (Å²) < 4.78 is 12.3. The largest absolute Gasteiger partial charge is 0.461 e. The Morgan fingerprint density at radius 3 is 2.76 bits per heavy atom. The number of carbonyl (C=O) groups is 1. The van der Waals surface area contributed by atoms with Crippen LogP contribution in [0.15, 0.2) is 51.8 Å². The number of nitro groups is 1. The molecule has 0 amide bonds. The highest BCUT2D eigenvalue weighted by Crippen LogP contribution is 2.27. The standard InChI is InChI=1S/C24H23N3O6/c1-14(2)19-11-20-17(9-24(29)33-22(20)8-15(19)3)13-32-23(28)6-7-26-21-10-18(27(30)31)5-4-16(21)12-25-26/h4-5,8-12,14H,6-7,13H2,1-3H3. The van der Waals surface area contributed by atoms with Crippen molar-refractivity contribution in [3.63, 3.8) is 0 Å². The smallest absolute Gasteiger partial charge is 0.336 e. The number of aromatic nitrogens is 2. The first-order valence-corrected chi connectivity index (χ1v) is 10.6. The van der Waals surface area contributed by atoms with Crippen LogP contribution in [0.4, 0.5) is 5.69 Å². The third-order valence-electron chi connectivity index (χ3n) is 5.59. The Hall–Kier alpha value is -4.01. The zero-order chi connectivity index (χ0) is 23.7. The van der Waals surface area contributed by atoms with E-state index in [9.17, 15) is 19.7 Å². The molecular formula is C24H23N3O6. The second kappa shape index (κ2) is 8.85. The highest BCUT2D eigenvalue weighted by atomic mass is 16.6. The van der Waals surface area contributed by atoms with Gasteiger partial charge in [-0.3, -0.25) is 19.6 Å². The van der Waals surface area contributed by atoms with Crippen molar-refractivity contribution in [2.75, 3.05) is 0 Å². The highest BCUT2D eigenvalue weighted by Gasteiger charge is 2.14. The third-order valence-corrected chi connectivity index (χ3v) is 5.59. The predicted octanol–water partition coefficient (Wildman–Crippen LogP) is 4.62. The van der Waals surface area contributed by atoms with Gasteiger partial charge in [0, 0.05) is 34.5 Å². The van der Waals surface area contributed by atoms with Gasteiger partial charge in [-0.1, -0.05) is 13.8 Å². The average Bonchev–Trinajstić information content (AvgIpc) is 3.17. The Bertz CT molecular complexity index is 1430. The molecule has 2 aromatic heterocycles. The molecule has 0 unspecified atom stereocenters. The number of carbonyl (C=O) groups excluding carboxylic acids is 1. The second-order valence-corrected chi connectivity index (χ2v) is 8.23. The number of nitro benzene ring substituents is 1. The summed E-state index contributed by atoms with van der Waals surface area (Å²) in [6.45, 7) is 6.28. The zero-order valence-electron chi connectivity index (χ0n) is 18.5. The van der Waals surface area contributed by atoms with Crippen LogP contribution in [0.5, 0.6) is 0 Å². The van der Waals surface area contributed by atoms with Crippen LogP contribution in [-0.4, -0.2) is 20.7 Å². The maximum atomic E-state index is 12.4. The fourth-order valence-corrected chi connectivity index (χ4v) is 3.91. The van der Waals surface area contributed by atoms with E-state index in [2.05, 4.69) is 18.9 Å². The molecule has 0 bridgehead atoms. The van der Waals surface area contributed by atoms with Gasteiger partial charge >= 0.3 is 11.6 Å². The van der Waals surface area contributed by atoms with Gasteiger partial charge in [0.15, 0.2) is 0 Å². The predicted molar refractivity (Wildman–Crippen MR) is 122 cm³/mol. The molecule has 0 saturated carbocycles. The van der Waals surface area contributed by atoms with Crippen molar-refractivity contribution >= 4 is 33.5 Å². The molecule has 4 aromatic rings. The van der Waals surface area contributed by atoms with Gasteiger partial charge in [0.25, 0.3) is 5.69 Å². The number of nitrogens with zero attached hydrogens (tertiary/aromatic N) is 3. The summed E-state index contributed by atoms with van der Waals surface area (Å²) in [6.07, 6.45) is 1.61. The molecule has 9 nitrogen and oxygen atoms in total. The number of non-ortho nitro benzene ring substituents is 1. The molecule has 0 aliphatic heterocycles. The van der Waals surface area contributed by atoms with Gasteiger partial charge in [-0.2, -0.15) is 5.10 Å². The zero-order valence-corrected chi connectivity index (χ0v) is 18.5. The molecule has 0 saturated heterocycles. The summed E-state index contributed by atoms with van der Waals surface area (Å²) in [7, 11) is 0. The molecule has 0 atom stereocenters. The van der Waals surface area contributed by atoms with Gasteiger partial charge in [-0.15, -0.1) is 0 Å². The van der Waals surface area contributed by atoms with Gasteiger partial charge in [0.05, 0.1) is 29.6 Å². The van der Waals surface area contributed by atoms with E-state index in [-0.39, 0.29) is 31.2 Å². The minimum atomic E-state index is -0.505. The first-order chi connectivity index (χ1) is 15.7. The van der Waals surface area contributed by atoms with Crippen LogP contribution in [0.3, 0.4) is 0 Å². The molecule has 33 heavy (non-hydrogen) atoms. The fraction of sp³-hybridized carbons (Fsp3) is 0.292. The lowest BCUT2D eigenvalue weighted by atomic mass is 9.95. The summed E-state index contributed by atoms with van der Waals surface area (Å²) in [6, 6.07) is 9.61. The molecule has 2 heterocycles. The summed E-state index contributed by atoms with van der Waals surface area (Å²) in [5, 5.41) is 16.7. The maximum absolute atomic E-state index is 12.4. The van der Waals surface area contributed by atoms with Gasteiger partial charge in [-0.25, -0.2) is 4.79 Å². The number of ether oxygens (including phenoxy) is 1. The van der Waals surface area contributed by atoms with E-state index in [1.807, 2.05) is 19.1 Å². The number of hydrogen-bond donors (Lipinski definition) is 0. The lowest BCUT2D eigenvalue weighted by molar-refractivity contribution is -0.384. The van der Waals surface area contributed by atoms with Crippen LogP contribution in [0, 0.1) is 17.0 Å². The minimum absolute atomic E-state index is 0.0230. The molecule has 0 fully saturated rings. The van der Waals surface area contributed by atoms with E-state index in [0.717, 1.165) is 21.9 Å². The quantitative estimate of drug-likeness (QED) is 0.175. The summed E-state index contributed by atoms with van der Waals surface area (Å²) in [4.78, 5) is 34.9. The summed E-state index contributed by atoms with van der Waals surface area (Å²) >= 11 is 0. The van der Waals surface area contributed by atoms with Gasteiger partial charge < -0.3 is 9.15 Å². The number of fused-ring (bicyclic) bond motifs is 2. The number of esters is 1. The van der Waals surface area contributed by atoms with Crippen molar-refractivity contribution in [1.82, 2.24) is 9.78 Å². The molecule has 0 radical (unpaired) electrons. The van der Waals surface area contributed by atoms with E-state index in [0.29, 0.717) is 16.7 Å². The molecular weight excluding hydrogens is 426 g/mol. The number of aryl methyl sites for hydroxylation is 2. The molecule has 0 N–H and O–H groups in total. The summed E-state index contributed by atoms with van der Waals surface area (Å²) in [5.41, 5.74) is 3.22. The van der Waals surface area contributed by atoms with Crippen molar-refractivity contribution in [3.8, 4) is 0 Å². The van der Waals surface area contributed by atoms with E-state index >= 15 is 0 Å². The normalized spacial score (nSPS) is 11.4. The van der Waals surface area contributed by atoms with Gasteiger partial charge in [0.2, 0.25) is 0 Å². The SMILES string of the molecule is Cc1cc2oc(=O)cc(COC(=O)CCn3ncc4ccc([N+](=O)[O-])cc43)c2cc1C(C)C. The highest BCUT2D eigenvalue weighted by molar-refractivity contribution is 5.83. The lowest BCUT2D eigenvalue weighted by Gasteiger charge is -2.13. The Morgan fingerprint density at radius 2 is 2.03 bits per heavy atom. The average molecular weight is 449 g/mol. The molecule has 0 aliphatic carbocycles. The Labute approximate surface area is 188 Å². The van der Waals surface area contributed by atoms with Gasteiger partial charge in [-0.05, 0) is 42.2 Å². The third kappa shape index (κ3) is 4.62. The van der Waals surface area contributed by atoms with Crippen LogP contribution in [0.25, 0.3) is 21.9 Å². The molecule has 9 heteroatoms. The first-order valence-electron chi connectivity index (χ1n) is 10.6. The number of benzene rings is 2. The van der Waals surface area contributed by atoms with Crippen molar-refractivity contribution in [2.24, 2.45) is 0 Å². The number of hydrogen-bond acceptors (Lipinski definition) is 7. The maximum Gasteiger partial charge on any atom is 0.336 e. The minimum Gasteiger partial charge on any atom is -0.461 e. The Morgan fingerprint density at radius 1 is 1.24 bits per heavy atom. The topological polar surface area (TPSA) is 117 Å². The fourth-order valence-electron chi connectivity index (χ4n) is 3.91. The molecule has 4 rings (SSSR count). The van der Waals surface area contributed by atoms with Crippen molar-refractivity contribution < 1.29 is 18.9 Å². The van der Waals surface area contributed by atoms with Crippen LogP contribution >= 0.6 is 0 Å². The Kier molecular flexibility index (Phi) is 5.95. The van der Waals surface area contributed by atoms with Crippen molar-refractivity contribution in [1.29, 1.82) is 0 Å². The van der Waals surface area contributed by atoms with Crippen LogP contribution in [0.2, 0.25) is 0 Å². The Balaban J connectivity index is 1.49. The second-order valence-electron chi connectivity index (χ2n) is 8.23. The van der Waals surface area contributed by atoms with E-state index in [4.69, 9.17) is 9.15 Å². The molecule has 2 aromatic carbocycles. The van der Waals surface area contributed by atoms with Crippen LogP contribution in [0.1, 0.15) is 42.9 Å². The molecule has 0 aliphatic rings. The van der Waals surface area contributed by atoms with E-state index in [1.165, 1.54) is 22.9 Å². The summed E-state index contributed by atoms with van der Waals surface area (Å²) in [5.74, 6) is -0.182.